The first-order chi connectivity index (χ1) is 17.8. The van der Waals surface area contributed by atoms with Crippen LogP contribution in [0.1, 0.15) is 44.7 Å². The van der Waals surface area contributed by atoms with Crippen LogP contribution in [0.3, 0.4) is 0 Å². The fraction of sp³-hybridized carbons (Fsp3) is 0.448. The third-order valence-corrected chi connectivity index (χ3v) is 7.84. The van der Waals surface area contributed by atoms with Crippen molar-refractivity contribution in [3.63, 3.8) is 0 Å². The van der Waals surface area contributed by atoms with Crippen molar-refractivity contribution in [2.75, 3.05) is 25.4 Å². The highest BCUT2D eigenvalue weighted by molar-refractivity contribution is 7.99. The van der Waals surface area contributed by atoms with Crippen molar-refractivity contribution in [1.82, 2.24) is 24.6 Å². The van der Waals surface area contributed by atoms with Crippen LogP contribution in [0.15, 0.2) is 53.7 Å². The summed E-state index contributed by atoms with van der Waals surface area (Å²) in [4.78, 5) is 29.1. The van der Waals surface area contributed by atoms with Gasteiger partial charge in [-0.05, 0) is 38.8 Å². The minimum atomic E-state index is -0.0185. The van der Waals surface area contributed by atoms with Crippen molar-refractivity contribution >= 4 is 23.6 Å². The molecular weight excluding hydrogens is 482 g/mol. The van der Waals surface area contributed by atoms with Gasteiger partial charge in [-0.2, -0.15) is 0 Å². The summed E-state index contributed by atoms with van der Waals surface area (Å²) >= 11 is 1.63. The third-order valence-electron chi connectivity index (χ3n) is 6.82. The average Bonchev–Trinajstić information content (AvgIpc) is 3.30. The van der Waals surface area contributed by atoms with Gasteiger partial charge in [0.05, 0.1) is 5.69 Å². The van der Waals surface area contributed by atoms with E-state index < -0.39 is 0 Å². The second kappa shape index (κ2) is 11.9. The van der Waals surface area contributed by atoms with Gasteiger partial charge in [0.1, 0.15) is 0 Å². The first kappa shape index (κ1) is 26.9. The molecule has 4 rings (SSSR count). The van der Waals surface area contributed by atoms with E-state index in [4.69, 9.17) is 0 Å². The number of hydrogen-bond acceptors (Lipinski definition) is 5. The molecule has 8 heteroatoms. The summed E-state index contributed by atoms with van der Waals surface area (Å²) < 4.78 is 2.12. The maximum absolute atomic E-state index is 12.9. The Morgan fingerprint density at radius 3 is 2.43 bits per heavy atom. The van der Waals surface area contributed by atoms with Gasteiger partial charge in [0.2, 0.25) is 11.8 Å². The highest BCUT2D eigenvalue weighted by Crippen LogP contribution is 2.30. The Labute approximate surface area is 224 Å². The predicted octanol–water partition coefficient (Wildman–Crippen LogP) is 5.14. The highest BCUT2D eigenvalue weighted by Gasteiger charge is 2.30. The van der Waals surface area contributed by atoms with E-state index in [1.54, 1.807) is 11.8 Å². The Balaban J connectivity index is 1.39. The van der Waals surface area contributed by atoms with Crippen molar-refractivity contribution < 1.29 is 9.59 Å². The number of thioether (sulfide) groups is 1. The molecule has 0 saturated carbocycles. The summed E-state index contributed by atoms with van der Waals surface area (Å²) in [7, 11) is 0. The lowest BCUT2D eigenvalue weighted by atomic mass is 10.1. The lowest BCUT2D eigenvalue weighted by molar-refractivity contribution is -0.144. The molecule has 0 radical (unpaired) electrons. The summed E-state index contributed by atoms with van der Waals surface area (Å²) in [6.45, 7) is 11.9. The Bertz CT molecular complexity index is 1240. The van der Waals surface area contributed by atoms with E-state index in [1.165, 1.54) is 5.56 Å². The van der Waals surface area contributed by atoms with E-state index in [9.17, 15) is 9.59 Å². The van der Waals surface area contributed by atoms with Crippen LogP contribution in [0.2, 0.25) is 0 Å². The highest BCUT2D eigenvalue weighted by atomic mass is 32.2. The van der Waals surface area contributed by atoms with Crippen LogP contribution >= 0.6 is 11.8 Å². The molecule has 1 saturated heterocycles. The van der Waals surface area contributed by atoms with Crippen LogP contribution in [0.25, 0.3) is 17.1 Å². The quantitative estimate of drug-likeness (QED) is 0.304. The number of aryl methyl sites for hydroxylation is 2. The maximum Gasteiger partial charge on any atom is 0.225 e. The minimum absolute atomic E-state index is 0.0185. The van der Waals surface area contributed by atoms with E-state index in [-0.39, 0.29) is 23.8 Å². The topological polar surface area (TPSA) is 71.3 Å². The van der Waals surface area contributed by atoms with Gasteiger partial charge in [-0.15, -0.1) is 10.2 Å². The van der Waals surface area contributed by atoms with Crippen LogP contribution in [0.5, 0.6) is 0 Å². The van der Waals surface area contributed by atoms with E-state index >= 15 is 0 Å². The third kappa shape index (κ3) is 6.24. The Kier molecular flexibility index (Phi) is 8.69. The molecule has 1 aromatic heterocycles. The van der Waals surface area contributed by atoms with Crippen LogP contribution < -0.4 is 0 Å². The molecule has 1 aliphatic rings. The maximum atomic E-state index is 12.9. The van der Waals surface area contributed by atoms with E-state index in [0.29, 0.717) is 26.1 Å². The van der Waals surface area contributed by atoms with Crippen molar-refractivity contribution in [2.45, 2.75) is 58.7 Å². The molecule has 2 heterocycles. The van der Waals surface area contributed by atoms with Crippen LogP contribution in [-0.4, -0.2) is 67.8 Å². The number of hydrogen-bond donors (Lipinski definition) is 0. The number of piperazine rings is 1. The lowest BCUT2D eigenvalue weighted by Crippen LogP contribution is -2.56. The molecule has 37 heavy (non-hydrogen) atoms. The molecule has 2 aromatic carbocycles. The monoisotopic (exact) mass is 519 g/mol. The number of carbonyl (C=O) groups is 2. The smallest absolute Gasteiger partial charge is 0.225 e. The Morgan fingerprint density at radius 2 is 1.76 bits per heavy atom. The molecule has 1 aliphatic heterocycles. The van der Waals surface area contributed by atoms with Gasteiger partial charge in [0.25, 0.3) is 0 Å². The zero-order valence-electron chi connectivity index (χ0n) is 22.5. The number of para-hydroxylation sites is 1. The number of aromatic nitrogens is 3. The van der Waals surface area contributed by atoms with Gasteiger partial charge >= 0.3 is 0 Å². The van der Waals surface area contributed by atoms with Crippen LogP contribution in [0.4, 0.5) is 0 Å². The van der Waals surface area contributed by atoms with E-state index in [0.717, 1.165) is 40.0 Å². The average molecular weight is 520 g/mol. The molecule has 0 bridgehead atoms. The first-order valence-electron chi connectivity index (χ1n) is 13.1. The zero-order valence-corrected chi connectivity index (χ0v) is 23.3. The molecule has 1 fully saturated rings. The Hall–Kier alpha value is -3.13. The van der Waals surface area contributed by atoms with Gasteiger partial charge in [-0.1, -0.05) is 73.6 Å². The first-order valence-corrected chi connectivity index (χ1v) is 14.0. The fourth-order valence-electron chi connectivity index (χ4n) is 4.67. The minimum Gasteiger partial charge on any atom is -0.339 e. The number of nitrogens with zero attached hydrogens (tertiary/aromatic N) is 5. The van der Waals surface area contributed by atoms with Crippen molar-refractivity contribution in [3.05, 3.63) is 59.7 Å². The van der Waals surface area contributed by atoms with Gasteiger partial charge in [0.15, 0.2) is 11.0 Å². The summed E-state index contributed by atoms with van der Waals surface area (Å²) in [5.41, 5.74) is 4.43. The van der Waals surface area contributed by atoms with Crippen molar-refractivity contribution in [1.29, 1.82) is 0 Å². The van der Waals surface area contributed by atoms with Gasteiger partial charge < -0.3 is 9.80 Å². The van der Waals surface area contributed by atoms with E-state index in [1.807, 2.05) is 42.7 Å². The molecule has 0 spiro atoms. The van der Waals surface area contributed by atoms with Crippen LogP contribution in [-0.2, 0) is 9.59 Å². The Morgan fingerprint density at radius 1 is 1.03 bits per heavy atom. The van der Waals surface area contributed by atoms with Gasteiger partial charge in [-0.3, -0.25) is 14.2 Å². The molecule has 2 amide bonds. The second-order valence-electron chi connectivity index (χ2n) is 10.1. The molecule has 1 unspecified atom stereocenters. The van der Waals surface area contributed by atoms with Gasteiger partial charge in [-0.25, -0.2) is 0 Å². The molecule has 1 atom stereocenters. The number of carbonyl (C=O) groups excluding carboxylic acids is 2. The summed E-state index contributed by atoms with van der Waals surface area (Å²) in [6, 6.07) is 16.6. The normalized spacial score (nSPS) is 15.9. The standard InChI is InChI=1S/C29H37N5O2S/c1-20(2)28(36)33-17-16-32(19-23(33)5)26(35)11-8-18-37-29-31-30-27(24-14-12-21(3)13-15-24)34(29)25-10-7-6-9-22(25)4/h6-7,9-10,12-15,20,23H,8,11,16-19H2,1-5H3. The summed E-state index contributed by atoms with van der Waals surface area (Å²) in [5.74, 6) is 1.89. The molecule has 0 N–H and O–H groups in total. The molecule has 3 aromatic rings. The number of amides is 2. The van der Waals surface area contributed by atoms with Crippen molar-refractivity contribution in [3.8, 4) is 17.1 Å². The molecule has 196 valence electrons. The summed E-state index contributed by atoms with van der Waals surface area (Å²) in [6.07, 6.45) is 1.24. The summed E-state index contributed by atoms with van der Waals surface area (Å²) in [5, 5.41) is 9.90. The number of rotatable bonds is 8. The molecule has 0 aliphatic carbocycles. The zero-order chi connectivity index (χ0) is 26.5. The SMILES string of the molecule is Cc1ccc(-c2nnc(SCCCC(=O)N3CCN(C(=O)C(C)C)C(C)C3)n2-c2ccccc2C)cc1. The largest absolute Gasteiger partial charge is 0.339 e. The predicted molar refractivity (Wildman–Crippen MR) is 149 cm³/mol. The molecular formula is C29H37N5O2S. The second-order valence-corrected chi connectivity index (χ2v) is 11.2. The van der Waals surface area contributed by atoms with Crippen LogP contribution in [0, 0.1) is 19.8 Å². The lowest BCUT2D eigenvalue weighted by Gasteiger charge is -2.40. The van der Waals surface area contributed by atoms with Crippen molar-refractivity contribution in [2.24, 2.45) is 5.92 Å². The number of benzene rings is 2. The van der Waals surface area contributed by atoms with E-state index in [2.05, 4.69) is 65.0 Å². The van der Waals surface area contributed by atoms with Gasteiger partial charge in [0, 0.05) is 49.3 Å². The fourth-order valence-corrected chi connectivity index (χ4v) is 5.56. The molecule has 7 nitrogen and oxygen atoms in total.